The number of piperazine rings is 1. The Labute approximate surface area is 218 Å². The van der Waals surface area contributed by atoms with E-state index < -0.39 is 11.7 Å². The van der Waals surface area contributed by atoms with Gasteiger partial charge in [0.15, 0.2) is 22.8 Å². The number of hydrogen-bond donors (Lipinski definition) is 1. The van der Waals surface area contributed by atoms with Crippen LogP contribution in [-0.2, 0) is 0 Å². The molecule has 0 saturated carbocycles. The van der Waals surface area contributed by atoms with Crippen LogP contribution >= 0.6 is 0 Å². The van der Waals surface area contributed by atoms with E-state index in [9.17, 15) is 14.0 Å². The molecule has 196 valence electrons. The second-order valence-electron chi connectivity index (χ2n) is 8.94. The molecule has 3 heterocycles. The normalized spacial score (nSPS) is 13.9. The number of halogens is 1. The van der Waals surface area contributed by atoms with E-state index in [2.05, 4.69) is 20.3 Å². The highest BCUT2D eigenvalue weighted by Crippen LogP contribution is 2.32. The van der Waals surface area contributed by atoms with Crippen LogP contribution in [0.4, 0.5) is 10.1 Å². The van der Waals surface area contributed by atoms with E-state index in [1.807, 2.05) is 13.1 Å². The van der Waals surface area contributed by atoms with Gasteiger partial charge in [-0.3, -0.25) is 9.59 Å². The number of methoxy groups -OCH3 is 2. The van der Waals surface area contributed by atoms with Crippen molar-refractivity contribution < 1.29 is 23.5 Å². The predicted octanol–water partition coefficient (Wildman–Crippen LogP) is 3.19. The molecule has 4 aromatic rings. The number of hydrogen-bond acceptors (Lipinski definition) is 7. The number of benzene rings is 2. The number of aromatic nitrogens is 3. The predicted molar refractivity (Wildman–Crippen MR) is 139 cm³/mol. The Morgan fingerprint density at radius 1 is 0.947 bits per heavy atom. The maximum absolute atomic E-state index is 14.9. The summed E-state index contributed by atoms with van der Waals surface area (Å²) in [6.07, 6.45) is 1.61. The molecule has 1 aliphatic heterocycles. The van der Waals surface area contributed by atoms with Gasteiger partial charge in [0.25, 0.3) is 11.8 Å². The number of nitrogens with zero attached hydrogens (tertiary/aromatic N) is 5. The molecule has 2 aromatic heterocycles. The molecule has 0 bridgehead atoms. The lowest BCUT2D eigenvalue weighted by Gasteiger charge is -2.32. The van der Waals surface area contributed by atoms with Gasteiger partial charge in [0.1, 0.15) is 5.82 Å². The summed E-state index contributed by atoms with van der Waals surface area (Å²) < 4.78 is 27.1. The fraction of sp³-hybridized carbons (Fsp3) is 0.259. The zero-order valence-electron chi connectivity index (χ0n) is 21.3. The average molecular weight is 519 g/mol. The fourth-order valence-corrected chi connectivity index (χ4v) is 4.35. The molecule has 1 fully saturated rings. The molecule has 38 heavy (non-hydrogen) atoms. The van der Waals surface area contributed by atoms with Gasteiger partial charge in [-0.25, -0.2) is 13.9 Å². The molecule has 1 N–H and O–H groups in total. The minimum Gasteiger partial charge on any atom is -0.493 e. The first-order chi connectivity index (χ1) is 18.4. The van der Waals surface area contributed by atoms with Crippen LogP contribution in [0.1, 0.15) is 20.8 Å². The van der Waals surface area contributed by atoms with Gasteiger partial charge in [-0.2, -0.15) is 5.10 Å². The first-order valence-corrected chi connectivity index (χ1v) is 12.0. The Bertz CT molecular complexity index is 1510. The number of carbonyl (C=O) groups excluding carboxylic acids is 2. The lowest BCUT2D eigenvalue weighted by molar-refractivity contribution is 0.0663. The second-order valence-corrected chi connectivity index (χ2v) is 8.94. The quantitative estimate of drug-likeness (QED) is 0.418. The molecule has 0 spiro atoms. The molecular weight excluding hydrogens is 491 g/mol. The zero-order chi connectivity index (χ0) is 26.8. The van der Waals surface area contributed by atoms with Crippen molar-refractivity contribution in [2.24, 2.45) is 0 Å². The minimum atomic E-state index is -0.703. The molecule has 1 saturated heterocycles. The summed E-state index contributed by atoms with van der Waals surface area (Å²) in [6.45, 7) is 2.71. The standard InChI is InChI=1S/C27H27FN6O4/c1-32-10-12-33(13-11-32)27(36)18-4-6-20(19(28)14-18)30-26(35)21-16-25-29-9-8-22(34(25)31-21)17-5-7-23(37-2)24(15-17)38-3/h4-9,14-16H,10-13H2,1-3H3,(H,30,35). The number of carbonyl (C=O) groups is 2. The number of nitrogens with one attached hydrogen (secondary N) is 1. The van der Waals surface area contributed by atoms with Crippen molar-refractivity contribution in [1.82, 2.24) is 24.4 Å². The second kappa shape index (κ2) is 10.5. The molecule has 0 aliphatic carbocycles. The summed E-state index contributed by atoms with van der Waals surface area (Å²) in [7, 11) is 5.10. The van der Waals surface area contributed by atoms with Crippen LogP contribution in [0, 0.1) is 5.82 Å². The Morgan fingerprint density at radius 3 is 2.42 bits per heavy atom. The van der Waals surface area contributed by atoms with Gasteiger partial charge in [0.05, 0.1) is 25.6 Å². The molecule has 2 aromatic carbocycles. The highest BCUT2D eigenvalue weighted by molar-refractivity contribution is 6.04. The average Bonchev–Trinajstić information content (AvgIpc) is 3.38. The summed E-state index contributed by atoms with van der Waals surface area (Å²) in [5.41, 5.74) is 2.14. The lowest BCUT2D eigenvalue weighted by atomic mass is 10.1. The molecule has 2 amide bonds. The van der Waals surface area contributed by atoms with Gasteiger partial charge in [-0.15, -0.1) is 0 Å². The molecule has 0 radical (unpaired) electrons. The highest BCUT2D eigenvalue weighted by atomic mass is 19.1. The van der Waals surface area contributed by atoms with Crippen molar-refractivity contribution in [3.8, 4) is 22.8 Å². The van der Waals surface area contributed by atoms with Gasteiger partial charge in [0, 0.05) is 49.6 Å². The number of likely N-dealkylation sites (N-methyl/N-ethyl adjacent to an activating group) is 1. The van der Waals surface area contributed by atoms with E-state index in [1.54, 1.807) is 43.5 Å². The third-order valence-corrected chi connectivity index (χ3v) is 6.52. The van der Waals surface area contributed by atoms with Crippen LogP contribution in [0.2, 0.25) is 0 Å². The van der Waals surface area contributed by atoms with Crippen LogP contribution in [-0.4, -0.2) is 83.7 Å². The third kappa shape index (κ3) is 4.88. The van der Waals surface area contributed by atoms with Crippen LogP contribution in [0.25, 0.3) is 16.9 Å². The molecular formula is C27H27FN6O4. The minimum absolute atomic E-state index is 0.0462. The van der Waals surface area contributed by atoms with E-state index >= 15 is 0 Å². The molecule has 5 rings (SSSR count). The van der Waals surface area contributed by atoms with Gasteiger partial charge in [-0.1, -0.05) is 0 Å². The number of fused-ring (bicyclic) bond motifs is 1. The first kappa shape index (κ1) is 25.2. The van der Waals surface area contributed by atoms with Gasteiger partial charge < -0.3 is 24.6 Å². The van der Waals surface area contributed by atoms with Crippen LogP contribution in [0.15, 0.2) is 54.7 Å². The van der Waals surface area contributed by atoms with E-state index in [1.165, 1.54) is 22.7 Å². The SMILES string of the molecule is COc1ccc(-c2ccnc3cc(C(=O)Nc4ccc(C(=O)N5CCN(C)CC5)cc4F)nn23)cc1OC. The van der Waals surface area contributed by atoms with E-state index in [-0.39, 0.29) is 22.9 Å². The maximum atomic E-state index is 14.9. The van der Waals surface area contributed by atoms with Crippen molar-refractivity contribution in [3.63, 3.8) is 0 Å². The summed E-state index contributed by atoms with van der Waals surface area (Å²) in [4.78, 5) is 33.9. The summed E-state index contributed by atoms with van der Waals surface area (Å²) >= 11 is 0. The van der Waals surface area contributed by atoms with Crippen molar-refractivity contribution in [2.75, 3.05) is 52.8 Å². The van der Waals surface area contributed by atoms with Crippen molar-refractivity contribution >= 4 is 23.1 Å². The van der Waals surface area contributed by atoms with Gasteiger partial charge in [-0.05, 0) is 49.5 Å². The first-order valence-electron chi connectivity index (χ1n) is 12.0. The summed E-state index contributed by atoms with van der Waals surface area (Å²) in [5.74, 6) is -0.411. The van der Waals surface area contributed by atoms with Crippen molar-refractivity contribution in [2.45, 2.75) is 0 Å². The summed E-state index contributed by atoms with van der Waals surface area (Å²) in [5, 5.41) is 6.95. The van der Waals surface area contributed by atoms with E-state index in [4.69, 9.17) is 9.47 Å². The number of ether oxygens (including phenoxy) is 2. The van der Waals surface area contributed by atoms with Crippen LogP contribution < -0.4 is 14.8 Å². The molecule has 0 atom stereocenters. The Balaban J connectivity index is 1.36. The summed E-state index contributed by atoms with van der Waals surface area (Å²) in [6, 6.07) is 12.8. The largest absolute Gasteiger partial charge is 0.493 e. The fourth-order valence-electron chi connectivity index (χ4n) is 4.35. The maximum Gasteiger partial charge on any atom is 0.276 e. The van der Waals surface area contributed by atoms with Crippen molar-refractivity contribution in [1.29, 1.82) is 0 Å². The monoisotopic (exact) mass is 518 g/mol. The molecule has 0 unspecified atom stereocenters. The number of amides is 2. The van der Waals surface area contributed by atoms with E-state index in [0.29, 0.717) is 35.9 Å². The Morgan fingerprint density at radius 2 is 1.71 bits per heavy atom. The van der Waals surface area contributed by atoms with Crippen LogP contribution in [0.5, 0.6) is 11.5 Å². The molecule has 11 heteroatoms. The smallest absolute Gasteiger partial charge is 0.276 e. The topological polar surface area (TPSA) is 101 Å². The van der Waals surface area contributed by atoms with Gasteiger partial charge >= 0.3 is 0 Å². The number of rotatable bonds is 6. The Hall–Kier alpha value is -4.51. The van der Waals surface area contributed by atoms with Crippen LogP contribution in [0.3, 0.4) is 0 Å². The highest BCUT2D eigenvalue weighted by Gasteiger charge is 2.22. The van der Waals surface area contributed by atoms with Gasteiger partial charge in [0.2, 0.25) is 0 Å². The van der Waals surface area contributed by atoms with E-state index in [0.717, 1.165) is 24.7 Å². The van der Waals surface area contributed by atoms with Crippen molar-refractivity contribution in [3.05, 3.63) is 71.8 Å². The zero-order valence-corrected chi connectivity index (χ0v) is 21.3. The molecule has 10 nitrogen and oxygen atoms in total. The number of anilines is 1. The lowest BCUT2D eigenvalue weighted by Crippen LogP contribution is -2.47. The Kier molecular flexibility index (Phi) is 6.93. The third-order valence-electron chi connectivity index (χ3n) is 6.52. The molecule has 1 aliphatic rings.